The molecule has 1 amide bonds. The van der Waals surface area contributed by atoms with Crippen LogP contribution in [0.1, 0.15) is 25.5 Å². The number of carbonyl (C=O) groups is 1. The first-order valence-corrected chi connectivity index (χ1v) is 12.5. The van der Waals surface area contributed by atoms with Crippen LogP contribution in [-0.4, -0.2) is 56.5 Å². The van der Waals surface area contributed by atoms with Crippen molar-refractivity contribution in [1.82, 2.24) is 24.8 Å². The maximum absolute atomic E-state index is 11.6. The minimum Gasteiger partial charge on any atom is -0.492 e. The Labute approximate surface area is 219 Å². The second-order valence-electron chi connectivity index (χ2n) is 8.79. The van der Waals surface area contributed by atoms with Gasteiger partial charge in [0.2, 0.25) is 5.91 Å². The number of aromatic nitrogens is 4. The van der Waals surface area contributed by atoms with Gasteiger partial charge in [-0.2, -0.15) is 0 Å². The highest BCUT2D eigenvalue weighted by atomic mass is 35.5. The van der Waals surface area contributed by atoms with Crippen molar-refractivity contribution in [3.8, 4) is 11.5 Å². The van der Waals surface area contributed by atoms with E-state index in [9.17, 15) is 4.79 Å². The topological polar surface area (TPSA) is 102 Å². The van der Waals surface area contributed by atoms with Crippen LogP contribution in [0, 0.1) is 0 Å². The Morgan fingerprint density at radius 1 is 1.11 bits per heavy atom. The van der Waals surface area contributed by atoms with Crippen molar-refractivity contribution >= 4 is 39.9 Å². The number of nitrogens with zero attached hydrogens (tertiary/aromatic N) is 5. The summed E-state index contributed by atoms with van der Waals surface area (Å²) in [6, 6.07) is 11.3. The van der Waals surface area contributed by atoms with Crippen molar-refractivity contribution < 1.29 is 14.3 Å². The first-order chi connectivity index (χ1) is 18.0. The highest BCUT2D eigenvalue weighted by Crippen LogP contribution is 2.32. The van der Waals surface area contributed by atoms with Crippen LogP contribution in [0.25, 0.3) is 10.9 Å². The number of fused-ring (bicyclic) bond motifs is 1. The molecule has 9 nitrogen and oxygen atoms in total. The van der Waals surface area contributed by atoms with Gasteiger partial charge in [0.05, 0.1) is 22.8 Å². The van der Waals surface area contributed by atoms with Gasteiger partial charge in [0.25, 0.3) is 0 Å². The van der Waals surface area contributed by atoms with Crippen molar-refractivity contribution in [3.05, 3.63) is 72.0 Å². The Bertz CT molecular complexity index is 1380. The Kier molecular flexibility index (Phi) is 7.60. The molecule has 3 heterocycles. The van der Waals surface area contributed by atoms with Crippen molar-refractivity contribution in [1.29, 1.82) is 0 Å². The number of benzene rings is 2. The third-order valence-electron chi connectivity index (χ3n) is 6.22. The number of halogens is 1. The van der Waals surface area contributed by atoms with Gasteiger partial charge in [-0.25, -0.2) is 9.97 Å². The molecule has 0 atom stereocenters. The number of rotatable bonds is 8. The first-order valence-electron chi connectivity index (χ1n) is 12.2. The van der Waals surface area contributed by atoms with E-state index in [1.165, 1.54) is 6.33 Å². The predicted molar refractivity (Wildman–Crippen MR) is 141 cm³/mol. The minimum absolute atomic E-state index is 0.0642. The van der Waals surface area contributed by atoms with E-state index in [1.54, 1.807) is 31.6 Å². The number of ether oxygens (including phenoxy) is 2. The molecular formula is C27H27ClN6O3. The maximum Gasteiger partial charge on any atom is 0.219 e. The van der Waals surface area contributed by atoms with E-state index in [4.69, 9.17) is 21.1 Å². The molecule has 2 aromatic heterocycles. The summed E-state index contributed by atoms with van der Waals surface area (Å²) in [5.74, 6) is 2.10. The number of anilines is 2. The summed E-state index contributed by atoms with van der Waals surface area (Å²) in [6.45, 7) is 3.47. The van der Waals surface area contributed by atoms with E-state index in [0.29, 0.717) is 42.7 Å². The van der Waals surface area contributed by atoms with E-state index in [1.807, 2.05) is 35.2 Å². The summed E-state index contributed by atoms with van der Waals surface area (Å²) < 4.78 is 12.1. The summed E-state index contributed by atoms with van der Waals surface area (Å²) in [5, 5.41) is 4.66. The molecule has 1 aliphatic heterocycles. The van der Waals surface area contributed by atoms with Crippen molar-refractivity contribution in [2.75, 3.05) is 25.0 Å². The molecule has 37 heavy (non-hydrogen) atoms. The molecule has 1 fully saturated rings. The smallest absolute Gasteiger partial charge is 0.219 e. The van der Waals surface area contributed by atoms with Crippen LogP contribution in [0.3, 0.4) is 0 Å². The van der Waals surface area contributed by atoms with Crippen LogP contribution in [-0.2, 0) is 11.2 Å². The quantitative estimate of drug-likeness (QED) is 0.354. The molecule has 10 heteroatoms. The minimum atomic E-state index is 0.0642. The molecule has 0 spiro atoms. The van der Waals surface area contributed by atoms with Crippen molar-refractivity contribution in [2.24, 2.45) is 0 Å². The lowest BCUT2D eigenvalue weighted by Gasteiger charge is -2.31. The molecule has 1 saturated heterocycles. The largest absolute Gasteiger partial charge is 0.492 e. The molecule has 1 N–H and O–H groups in total. The van der Waals surface area contributed by atoms with Gasteiger partial charge in [0, 0.05) is 68.9 Å². The third-order valence-corrected chi connectivity index (χ3v) is 6.52. The Morgan fingerprint density at radius 2 is 1.97 bits per heavy atom. The lowest BCUT2D eigenvalue weighted by molar-refractivity contribution is -0.130. The van der Waals surface area contributed by atoms with Gasteiger partial charge in [-0.1, -0.05) is 11.6 Å². The highest BCUT2D eigenvalue weighted by molar-refractivity contribution is 6.32. The van der Waals surface area contributed by atoms with E-state index < -0.39 is 0 Å². The first kappa shape index (κ1) is 24.7. The lowest BCUT2D eigenvalue weighted by Crippen LogP contribution is -2.40. The number of hydrogen-bond donors (Lipinski definition) is 1. The van der Waals surface area contributed by atoms with Crippen LogP contribution >= 0.6 is 11.6 Å². The van der Waals surface area contributed by atoms with E-state index in [-0.39, 0.29) is 12.0 Å². The zero-order chi connectivity index (χ0) is 25.6. The van der Waals surface area contributed by atoms with Gasteiger partial charge in [-0.15, -0.1) is 0 Å². The summed E-state index contributed by atoms with van der Waals surface area (Å²) in [7, 11) is 0. The Balaban J connectivity index is 1.25. The molecule has 0 saturated carbocycles. The van der Waals surface area contributed by atoms with Gasteiger partial charge < -0.3 is 19.7 Å². The van der Waals surface area contributed by atoms with Gasteiger partial charge >= 0.3 is 0 Å². The van der Waals surface area contributed by atoms with Gasteiger partial charge in [-0.3, -0.25) is 14.8 Å². The maximum atomic E-state index is 11.6. The molecule has 0 bridgehead atoms. The lowest BCUT2D eigenvalue weighted by atomic mass is 10.1. The summed E-state index contributed by atoms with van der Waals surface area (Å²) >= 11 is 6.49. The van der Waals surface area contributed by atoms with Crippen LogP contribution in [0.15, 0.2) is 61.3 Å². The zero-order valence-corrected chi connectivity index (χ0v) is 21.2. The number of hydrogen-bond acceptors (Lipinski definition) is 8. The molecular weight excluding hydrogens is 492 g/mol. The SMILES string of the molecule is CC(=O)N1CCC(Oc2ccc3ncnc(Nc4ccc(OCCc5cnccn5)c(Cl)c4)c3c2)CC1. The summed E-state index contributed by atoms with van der Waals surface area (Å²) in [5.41, 5.74) is 2.43. The van der Waals surface area contributed by atoms with Crippen LogP contribution in [0.2, 0.25) is 5.02 Å². The molecule has 4 aromatic rings. The number of piperidine rings is 1. The second kappa shape index (κ2) is 11.4. The summed E-state index contributed by atoms with van der Waals surface area (Å²) in [6.07, 6.45) is 8.85. The monoisotopic (exact) mass is 518 g/mol. The molecule has 0 unspecified atom stereocenters. The number of nitrogens with one attached hydrogen (secondary N) is 1. The molecule has 5 rings (SSSR count). The van der Waals surface area contributed by atoms with E-state index in [2.05, 4.69) is 25.3 Å². The van der Waals surface area contributed by atoms with Gasteiger partial charge in [0.1, 0.15) is 29.7 Å². The fourth-order valence-electron chi connectivity index (χ4n) is 4.25. The fraction of sp³-hybridized carbons (Fsp3) is 0.296. The molecule has 190 valence electrons. The van der Waals surface area contributed by atoms with Crippen molar-refractivity contribution in [3.63, 3.8) is 0 Å². The molecule has 1 aliphatic rings. The van der Waals surface area contributed by atoms with Crippen molar-refractivity contribution in [2.45, 2.75) is 32.3 Å². The van der Waals surface area contributed by atoms with E-state index in [0.717, 1.165) is 40.9 Å². The molecule has 0 aliphatic carbocycles. The van der Waals surface area contributed by atoms with Gasteiger partial charge in [0.15, 0.2) is 0 Å². The van der Waals surface area contributed by atoms with Crippen LogP contribution < -0.4 is 14.8 Å². The Morgan fingerprint density at radius 3 is 2.73 bits per heavy atom. The van der Waals surface area contributed by atoms with Crippen LogP contribution in [0.4, 0.5) is 11.5 Å². The number of amides is 1. The highest BCUT2D eigenvalue weighted by Gasteiger charge is 2.22. The summed E-state index contributed by atoms with van der Waals surface area (Å²) in [4.78, 5) is 30.6. The molecule has 2 aromatic carbocycles. The second-order valence-corrected chi connectivity index (χ2v) is 9.20. The van der Waals surface area contributed by atoms with Gasteiger partial charge in [-0.05, 0) is 36.4 Å². The number of likely N-dealkylation sites (tertiary alicyclic amines) is 1. The average Bonchev–Trinajstić information content (AvgIpc) is 2.91. The fourth-order valence-corrected chi connectivity index (χ4v) is 4.48. The van der Waals surface area contributed by atoms with E-state index >= 15 is 0 Å². The zero-order valence-electron chi connectivity index (χ0n) is 20.4. The third kappa shape index (κ3) is 6.24. The molecule has 0 radical (unpaired) electrons. The number of carbonyl (C=O) groups excluding carboxylic acids is 1. The Hall–Kier alpha value is -3.98. The van der Waals surface area contributed by atoms with Crippen LogP contribution in [0.5, 0.6) is 11.5 Å². The normalized spacial score (nSPS) is 13.9. The predicted octanol–water partition coefficient (Wildman–Crippen LogP) is 4.83. The average molecular weight is 519 g/mol. The standard InChI is InChI=1S/C27H27ClN6O3/c1-18(35)34-11-6-21(7-12-34)37-22-3-4-25-23(15-22)27(32-17-31-25)33-19-2-5-26(24(28)14-19)36-13-8-20-16-29-9-10-30-20/h2-5,9-10,14-17,21H,6-8,11-13H2,1H3,(H,31,32,33).